The van der Waals surface area contributed by atoms with Crippen LogP contribution in [0, 0.1) is 11.8 Å². The molecule has 0 aromatic rings. The summed E-state index contributed by atoms with van der Waals surface area (Å²) in [6, 6.07) is 0. The molecule has 0 radical (unpaired) electrons. The van der Waals surface area contributed by atoms with Gasteiger partial charge in [-0.25, -0.2) is 0 Å². The molecule has 21 heavy (non-hydrogen) atoms. The van der Waals surface area contributed by atoms with Crippen molar-refractivity contribution in [3.8, 4) is 0 Å². The Morgan fingerprint density at radius 1 is 0.762 bits per heavy atom. The molecule has 0 aliphatic rings. The highest BCUT2D eigenvalue weighted by atomic mass is 14.2. The first-order valence-corrected chi connectivity index (χ1v) is 9.73. The van der Waals surface area contributed by atoms with Crippen LogP contribution in [0.2, 0.25) is 0 Å². The summed E-state index contributed by atoms with van der Waals surface area (Å²) in [7, 11) is 0. The van der Waals surface area contributed by atoms with Gasteiger partial charge >= 0.3 is 0 Å². The van der Waals surface area contributed by atoms with E-state index in [1.807, 2.05) is 0 Å². The molecule has 0 amide bonds. The fourth-order valence-electron chi connectivity index (χ4n) is 3.02. The van der Waals surface area contributed by atoms with Crippen LogP contribution in [0.15, 0.2) is 11.6 Å². The largest absolute Gasteiger partial charge is 0.0887 e. The first-order chi connectivity index (χ1) is 10.1. The Hall–Kier alpha value is -0.260. The predicted molar refractivity (Wildman–Crippen MR) is 98.8 cm³/mol. The molecule has 0 aliphatic carbocycles. The van der Waals surface area contributed by atoms with Crippen LogP contribution in [0.1, 0.15) is 112 Å². The fraction of sp³-hybridized carbons (Fsp3) is 0.905. The fourth-order valence-corrected chi connectivity index (χ4v) is 3.02. The van der Waals surface area contributed by atoms with E-state index in [9.17, 15) is 0 Å². The predicted octanol–water partition coefficient (Wildman–Crippen LogP) is 7.93. The van der Waals surface area contributed by atoms with Gasteiger partial charge in [0, 0.05) is 0 Å². The standard InChI is InChI=1S/C21H42/c1-6-8-9-10-11-12-13-14-17-20(4)21(5)18-15-16-19(3)7-2/h7,20-21H,6,8-18H2,1-5H3. The van der Waals surface area contributed by atoms with Gasteiger partial charge in [0.2, 0.25) is 0 Å². The average Bonchev–Trinajstić information content (AvgIpc) is 2.49. The lowest BCUT2D eigenvalue weighted by atomic mass is 9.86. The second-order valence-electron chi connectivity index (χ2n) is 7.25. The van der Waals surface area contributed by atoms with Crippen LogP contribution in [0.4, 0.5) is 0 Å². The van der Waals surface area contributed by atoms with Crippen LogP contribution in [-0.2, 0) is 0 Å². The second-order valence-corrected chi connectivity index (χ2v) is 7.25. The molecule has 0 aliphatic heterocycles. The van der Waals surface area contributed by atoms with Crippen LogP contribution < -0.4 is 0 Å². The van der Waals surface area contributed by atoms with Gasteiger partial charge in [0.05, 0.1) is 0 Å². The Kier molecular flexibility index (Phi) is 14.5. The number of hydrogen-bond acceptors (Lipinski definition) is 0. The van der Waals surface area contributed by atoms with Crippen molar-refractivity contribution in [1.82, 2.24) is 0 Å². The summed E-state index contributed by atoms with van der Waals surface area (Å²) in [5.41, 5.74) is 1.55. The van der Waals surface area contributed by atoms with E-state index >= 15 is 0 Å². The van der Waals surface area contributed by atoms with Crippen molar-refractivity contribution in [2.75, 3.05) is 0 Å². The van der Waals surface area contributed by atoms with Crippen molar-refractivity contribution in [1.29, 1.82) is 0 Å². The lowest BCUT2D eigenvalue weighted by Crippen LogP contribution is -2.08. The quantitative estimate of drug-likeness (QED) is 0.225. The van der Waals surface area contributed by atoms with Crippen LogP contribution in [0.25, 0.3) is 0 Å². The second kappa shape index (κ2) is 14.7. The first kappa shape index (κ1) is 20.7. The van der Waals surface area contributed by atoms with Gasteiger partial charge in [-0.3, -0.25) is 0 Å². The van der Waals surface area contributed by atoms with Crippen molar-refractivity contribution in [3.63, 3.8) is 0 Å². The Bertz CT molecular complexity index is 238. The van der Waals surface area contributed by atoms with Crippen LogP contribution in [0.5, 0.6) is 0 Å². The monoisotopic (exact) mass is 294 g/mol. The van der Waals surface area contributed by atoms with Gasteiger partial charge < -0.3 is 0 Å². The van der Waals surface area contributed by atoms with E-state index in [4.69, 9.17) is 0 Å². The Balaban J connectivity index is 3.45. The number of hydrogen-bond donors (Lipinski definition) is 0. The molecule has 0 N–H and O–H groups in total. The van der Waals surface area contributed by atoms with E-state index in [-0.39, 0.29) is 0 Å². The van der Waals surface area contributed by atoms with Crippen molar-refractivity contribution >= 4 is 0 Å². The number of rotatable bonds is 14. The van der Waals surface area contributed by atoms with E-state index in [0.29, 0.717) is 0 Å². The molecular weight excluding hydrogens is 252 g/mol. The summed E-state index contributed by atoms with van der Waals surface area (Å²) in [4.78, 5) is 0. The van der Waals surface area contributed by atoms with Crippen LogP contribution in [0.3, 0.4) is 0 Å². The highest BCUT2D eigenvalue weighted by Gasteiger charge is 2.11. The molecule has 0 bridgehead atoms. The van der Waals surface area contributed by atoms with Gasteiger partial charge in [-0.15, -0.1) is 0 Å². The van der Waals surface area contributed by atoms with Gasteiger partial charge in [0.15, 0.2) is 0 Å². The Labute approximate surface area is 135 Å². The van der Waals surface area contributed by atoms with E-state index in [1.165, 1.54) is 77.0 Å². The summed E-state index contributed by atoms with van der Waals surface area (Å²) in [6.45, 7) is 11.6. The number of unbranched alkanes of at least 4 members (excludes halogenated alkanes) is 7. The van der Waals surface area contributed by atoms with Crippen molar-refractivity contribution in [2.45, 2.75) is 112 Å². The summed E-state index contributed by atoms with van der Waals surface area (Å²) in [5.74, 6) is 1.82. The summed E-state index contributed by atoms with van der Waals surface area (Å²) in [6.07, 6.45) is 19.3. The minimum absolute atomic E-state index is 0.902. The minimum atomic E-state index is 0.902. The molecule has 0 heterocycles. The zero-order valence-electron chi connectivity index (χ0n) is 15.7. The topological polar surface area (TPSA) is 0 Å². The zero-order chi connectivity index (χ0) is 15.9. The highest BCUT2D eigenvalue weighted by molar-refractivity contribution is 4.94. The maximum absolute atomic E-state index is 2.47. The van der Waals surface area contributed by atoms with Crippen LogP contribution >= 0.6 is 0 Å². The molecule has 0 saturated carbocycles. The molecule has 0 heteroatoms. The van der Waals surface area contributed by atoms with Crippen molar-refractivity contribution in [2.24, 2.45) is 11.8 Å². The number of allylic oxidation sites excluding steroid dienone is 2. The molecule has 2 atom stereocenters. The smallest absolute Gasteiger partial charge is 0.0323 e. The van der Waals surface area contributed by atoms with E-state index in [2.05, 4.69) is 40.7 Å². The third kappa shape index (κ3) is 13.1. The van der Waals surface area contributed by atoms with E-state index in [1.54, 1.807) is 5.57 Å². The van der Waals surface area contributed by atoms with E-state index in [0.717, 1.165) is 11.8 Å². The summed E-state index contributed by atoms with van der Waals surface area (Å²) in [5, 5.41) is 0. The lowest BCUT2D eigenvalue weighted by Gasteiger charge is -2.20. The third-order valence-electron chi connectivity index (χ3n) is 5.21. The lowest BCUT2D eigenvalue weighted by molar-refractivity contribution is 0.326. The molecular formula is C21H42. The first-order valence-electron chi connectivity index (χ1n) is 9.73. The molecule has 0 saturated heterocycles. The summed E-state index contributed by atoms with van der Waals surface area (Å²) >= 11 is 0. The third-order valence-corrected chi connectivity index (χ3v) is 5.21. The van der Waals surface area contributed by atoms with Crippen LogP contribution in [-0.4, -0.2) is 0 Å². The molecule has 0 nitrogen and oxygen atoms in total. The highest BCUT2D eigenvalue weighted by Crippen LogP contribution is 2.24. The van der Waals surface area contributed by atoms with Crippen molar-refractivity contribution in [3.05, 3.63) is 11.6 Å². The molecule has 0 rings (SSSR count). The average molecular weight is 295 g/mol. The zero-order valence-corrected chi connectivity index (χ0v) is 15.7. The SMILES string of the molecule is CC=C(C)CCCC(C)C(C)CCCCCCCCCC. The molecule has 0 aromatic carbocycles. The minimum Gasteiger partial charge on any atom is -0.0887 e. The molecule has 2 unspecified atom stereocenters. The normalized spacial score (nSPS) is 15.2. The molecule has 0 fully saturated rings. The van der Waals surface area contributed by atoms with Gasteiger partial charge in [-0.05, 0) is 38.5 Å². The summed E-state index contributed by atoms with van der Waals surface area (Å²) < 4.78 is 0. The maximum Gasteiger partial charge on any atom is -0.0323 e. The maximum atomic E-state index is 2.47. The molecule has 0 aromatic heterocycles. The van der Waals surface area contributed by atoms with Gasteiger partial charge in [-0.1, -0.05) is 96.6 Å². The Morgan fingerprint density at radius 2 is 1.24 bits per heavy atom. The van der Waals surface area contributed by atoms with Gasteiger partial charge in [-0.2, -0.15) is 0 Å². The molecule has 126 valence electrons. The Morgan fingerprint density at radius 3 is 1.76 bits per heavy atom. The van der Waals surface area contributed by atoms with Gasteiger partial charge in [0.25, 0.3) is 0 Å². The van der Waals surface area contributed by atoms with E-state index < -0.39 is 0 Å². The van der Waals surface area contributed by atoms with Gasteiger partial charge in [0.1, 0.15) is 0 Å². The molecule has 0 spiro atoms. The van der Waals surface area contributed by atoms with Crippen molar-refractivity contribution < 1.29 is 0 Å².